The van der Waals surface area contributed by atoms with E-state index in [9.17, 15) is 22.8 Å². The van der Waals surface area contributed by atoms with Gasteiger partial charge in [0, 0.05) is 24.1 Å². The number of methoxy groups -OCH3 is 2. The Morgan fingerprint density at radius 3 is 2.40 bits per heavy atom. The van der Waals surface area contributed by atoms with Gasteiger partial charge in [-0.05, 0) is 30.3 Å². The molecular weight excluding hydrogens is 403 g/mol. The van der Waals surface area contributed by atoms with Crippen molar-refractivity contribution in [3.63, 3.8) is 0 Å². The van der Waals surface area contributed by atoms with Crippen LogP contribution in [0.2, 0.25) is 0 Å². The van der Waals surface area contributed by atoms with Crippen LogP contribution in [0, 0.1) is 0 Å². The lowest BCUT2D eigenvalue weighted by molar-refractivity contribution is -0.137. The van der Waals surface area contributed by atoms with E-state index in [-0.39, 0.29) is 18.5 Å². The van der Waals surface area contributed by atoms with Crippen LogP contribution in [0.3, 0.4) is 0 Å². The van der Waals surface area contributed by atoms with Crippen molar-refractivity contribution in [3.05, 3.63) is 53.6 Å². The minimum atomic E-state index is -4.51. The molecule has 2 aromatic carbocycles. The lowest BCUT2D eigenvalue weighted by Gasteiger charge is -2.10. The highest BCUT2D eigenvalue weighted by Crippen LogP contribution is 2.31. The maximum Gasteiger partial charge on any atom is 0.416 e. The fraction of sp³-hybridized carbons (Fsp3) is 0.250. The van der Waals surface area contributed by atoms with Gasteiger partial charge in [0.05, 0.1) is 26.0 Å². The third-order valence-electron chi connectivity index (χ3n) is 3.88. The van der Waals surface area contributed by atoms with Crippen LogP contribution in [0.4, 0.5) is 18.9 Å². The Hall–Kier alpha value is -3.56. The van der Waals surface area contributed by atoms with Crippen molar-refractivity contribution in [3.8, 4) is 11.5 Å². The van der Waals surface area contributed by atoms with Crippen LogP contribution in [0.1, 0.15) is 24.0 Å². The van der Waals surface area contributed by atoms with Crippen LogP contribution in [-0.2, 0) is 15.8 Å². The average molecular weight is 423 g/mol. The number of halogens is 3. The fourth-order valence-corrected chi connectivity index (χ4v) is 2.47. The first kappa shape index (κ1) is 22.7. The fourth-order valence-electron chi connectivity index (χ4n) is 2.47. The smallest absolute Gasteiger partial charge is 0.416 e. The van der Waals surface area contributed by atoms with Crippen LogP contribution < -0.4 is 20.2 Å². The van der Waals surface area contributed by atoms with Gasteiger partial charge in [0.15, 0.2) is 11.5 Å². The summed E-state index contributed by atoms with van der Waals surface area (Å²) in [5.41, 5.74) is 1.97. The predicted octanol–water partition coefficient (Wildman–Crippen LogP) is 3.59. The molecule has 0 spiro atoms. The average Bonchev–Trinajstić information content (AvgIpc) is 2.71. The predicted molar refractivity (Wildman–Crippen MR) is 105 cm³/mol. The third-order valence-corrected chi connectivity index (χ3v) is 3.88. The summed E-state index contributed by atoms with van der Waals surface area (Å²) in [6.07, 6.45) is -3.57. The molecule has 2 aromatic rings. The van der Waals surface area contributed by atoms with E-state index in [1.165, 1.54) is 32.6 Å². The number of carbonyl (C=O) groups excluding carboxylic acids is 2. The zero-order valence-corrected chi connectivity index (χ0v) is 16.2. The lowest BCUT2D eigenvalue weighted by atomic mass is 10.2. The molecule has 2 rings (SSSR count). The van der Waals surface area contributed by atoms with Crippen LogP contribution >= 0.6 is 0 Å². The topological polar surface area (TPSA) is 89.0 Å². The highest BCUT2D eigenvalue weighted by Gasteiger charge is 2.30. The highest BCUT2D eigenvalue weighted by atomic mass is 19.4. The zero-order chi connectivity index (χ0) is 22.1. The Balaban J connectivity index is 1.85. The van der Waals surface area contributed by atoms with E-state index in [0.717, 1.165) is 12.1 Å². The second-order valence-corrected chi connectivity index (χ2v) is 6.00. The normalized spacial score (nSPS) is 11.2. The van der Waals surface area contributed by atoms with Gasteiger partial charge >= 0.3 is 6.18 Å². The summed E-state index contributed by atoms with van der Waals surface area (Å²) >= 11 is 0. The Morgan fingerprint density at radius 2 is 1.73 bits per heavy atom. The van der Waals surface area contributed by atoms with Crippen LogP contribution in [0.5, 0.6) is 11.5 Å². The van der Waals surface area contributed by atoms with Crippen molar-refractivity contribution in [2.24, 2.45) is 5.10 Å². The maximum absolute atomic E-state index is 12.7. The molecule has 0 aromatic heterocycles. The van der Waals surface area contributed by atoms with Gasteiger partial charge in [0.2, 0.25) is 11.8 Å². The molecule has 7 nitrogen and oxygen atoms in total. The maximum atomic E-state index is 12.7. The number of para-hydroxylation sites is 1. The number of hydrogen-bond donors (Lipinski definition) is 2. The molecule has 10 heteroatoms. The number of hydrogen-bond acceptors (Lipinski definition) is 5. The quantitative estimate of drug-likeness (QED) is 0.502. The second-order valence-electron chi connectivity index (χ2n) is 6.00. The summed E-state index contributed by atoms with van der Waals surface area (Å²) in [6.45, 7) is 0. The number of benzene rings is 2. The van der Waals surface area contributed by atoms with Crippen molar-refractivity contribution in [1.29, 1.82) is 0 Å². The summed E-state index contributed by atoms with van der Waals surface area (Å²) in [6, 6.07) is 9.38. The Labute approximate surface area is 170 Å². The van der Waals surface area contributed by atoms with Crippen LogP contribution in [-0.4, -0.2) is 32.2 Å². The molecule has 160 valence electrons. The molecule has 0 aliphatic heterocycles. The molecule has 0 aliphatic carbocycles. The van der Waals surface area contributed by atoms with Crippen molar-refractivity contribution in [2.75, 3.05) is 19.5 Å². The summed E-state index contributed by atoms with van der Waals surface area (Å²) in [5.74, 6) is -0.187. The van der Waals surface area contributed by atoms with E-state index in [2.05, 4.69) is 15.8 Å². The monoisotopic (exact) mass is 423 g/mol. The van der Waals surface area contributed by atoms with Gasteiger partial charge in [-0.25, -0.2) is 5.43 Å². The third kappa shape index (κ3) is 6.50. The number of alkyl halides is 3. The molecule has 0 aliphatic rings. The summed E-state index contributed by atoms with van der Waals surface area (Å²) in [5, 5.41) is 6.14. The Morgan fingerprint density at radius 1 is 1.03 bits per heavy atom. The molecule has 0 saturated heterocycles. The van der Waals surface area contributed by atoms with Crippen molar-refractivity contribution in [2.45, 2.75) is 19.0 Å². The zero-order valence-electron chi connectivity index (χ0n) is 16.2. The highest BCUT2D eigenvalue weighted by molar-refractivity contribution is 5.93. The van der Waals surface area contributed by atoms with E-state index < -0.39 is 23.6 Å². The number of nitrogens with one attached hydrogen (secondary N) is 2. The first-order chi connectivity index (χ1) is 14.2. The molecule has 0 fully saturated rings. The van der Waals surface area contributed by atoms with Gasteiger partial charge in [-0.3, -0.25) is 9.59 Å². The van der Waals surface area contributed by atoms with E-state index in [1.807, 2.05) is 0 Å². The summed E-state index contributed by atoms with van der Waals surface area (Å²) in [7, 11) is 2.96. The number of ether oxygens (including phenoxy) is 2. The number of hydrazone groups is 1. The van der Waals surface area contributed by atoms with E-state index in [1.54, 1.807) is 18.2 Å². The van der Waals surface area contributed by atoms with E-state index >= 15 is 0 Å². The first-order valence-corrected chi connectivity index (χ1v) is 8.74. The molecule has 0 radical (unpaired) electrons. The van der Waals surface area contributed by atoms with Gasteiger partial charge in [0.25, 0.3) is 0 Å². The molecule has 0 heterocycles. The van der Waals surface area contributed by atoms with Gasteiger partial charge in [-0.15, -0.1) is 0 Å². The van der Waals surface area contributed by atoms with Crippen molar-refractivity contribution < 1.29 is 32.2 Å². The van der Waals surface area contributed by atoms with Gasteiger partial charge in [-0.2, -0.15) is 18.3 Å². The number of nitrogens with zero attached hydrogens (tertiary/aromatic N) is 1. The molecule has 2 amide bonds. The molecule has 0 saturated carbocycles. The standard InChI is InChI=1S/C20H20F3N3O4/c1-29-16-8-3-5-13(19(16)30-2)12-24-26-18(28)10-9-17(27)25-15-7-4-6-14(11-15)20(21,22)23/h3-8,11-12H,9-10H2,1-2H3,(H,25,27)(H,26,28). The van der Waals surface area contributed by atoms with Gasteiger partial charge < -0.3 is 14.8 Å². The number of anilines is 1. The van der Waals surface area contributed by atoms with Crippen LogP contribution in [0.15, 0.2) is 47.6 Å². The van der Waals surface area contributed by atoms with Crippen LogP contribution in [0.25, 0.3) is 0 Å². The van der Waals surface area contributed by atoms with Crippen molar-refractivity contribution in [1.82, 2.24) is 5.43 Å². The largest absolute Gasteiger partial charge is 0.493 e. The number of rotatable bonds is 8. The molecule has 30 heavy (non-hydrogen) atoms. The Bertz CT molecular complexity index is 930. The minimum Gasteiger partial charge on any atom is -0.493 e. The number of carbonyl (C=O) groups is 2. The van der Waals surface area contributed by atoms with E-state index in [4.69, 9.17) is 9.47 Å². The second kappa shape index (κ2) is 10.3. The molecular formula is C20H20F3N3O4. The lowest BCUT2D eigenvalue weighted by Crippen LogP contribution is -2.20. The first-order valence-electron chi connectivity index (χ1n) is 8.74. The Kier molecular flexibility index (Phi) is 7.79. The molecule has 2 N–H and O–H groups in total. The minimum absolute atomic E-state index is 0.00151. The van der Waals surface area contributed by atoms with Crippen molar-refractivity contribution >= 4 is 23.7 Å². The van der Waals surface area contributed by atoms with Gasteiger partial charge in [-0.1, -0.05) is 12.1 Å². The molecule has 0 unspecified atom stereocenters. The molecule has 0 bridgehead atoms. The van der Waals surface area contributed by atoms with Gasteiger partial charge in [0.1, 0.15) is 0 Å². The summed E-state index contributed by atoms with van der Waals surface area (Å²) in [4.78, 5) is 23.7. The van der Waals surface area contributed by atoms with E-state index in [0.29, 0.717) is 17.1 Å². The number of amides is 2. The summed E-state index contributed by atoms with van der Waals surface area (Å²) < 4.78 is 48.5. The molecule has 0 atom stereocenters. The SMILES string of the molecule is COc1cccc(C=NNC(=O)CCC(=O)Nc2cccc(C(F)(F)F)c2)c1OC.